The molecule has 1 heterocycles. The lowest BCUT2D eigenvalue weighted by Gasteiger charge is -2.18. The van der Waals surface area contributed by atoms with Gasteiger partial charge in [0.15, 0.2) is 6.61 Å². The molecule has 2 aromatic carbocycles. The first-order chi connectivity index (χ1) is 11.6. The van der Waals surface area contributed by atoms with E-state index in [0.29, 0.717) is 6.54 Å². The fourth-order valence-electron chi connectivity index (χ4n) is 2.53. The molecule has 4 heteroatoms. The van der Waals surface area contributed by atoms with Gasteiger partial charge in [-0.1, -0.05) is 36.4 Å². The molecule has 0 fully saturated rings. The first kappa shape index (κ1) is 16.0. The summed E-state index contributed by atoms with van der Waals surface area (Å²) >= 11 is 0. The van der Waals surface area contributed by atoms with E-state index in [4.69, 9.17) is 4.74 Å². The molecule has 0 saturated heterocycles. The lowest BCUT2D eigenvalue weighted by molar-refractivity contribution is -0.132. The molecule has 24 heavy (non-hydrogen) atoms. The Hall–Kier alpha value is -2.88. The summed E-state index contributed by atoms with van der Waals surface area (Å²) in [7, 11) is 1.78. The Labute approximate surface area is 141 Å². The van der Waals surface area contributed by atoms with Gasteiger partial charge in [-0.25, -0.2) is 0 Å². The van der Waals surface area contributed by atoms with Gasteiger partial charge in [-0.15, -0.1) is 0 Å². The number of carbonyl (C=O) groups excluding carboxylic acids is 1. The highest BCUT2D eigenvalue weighted by molar-refractivity contribution is 5.79. The fraction of sp³-hybridized carbons (Fsp3) is 0.200. The van der Waals surface area contributed by atoms with E-state index in [-0.39, 0.29) is 12.5 Å². The van der Waals surface area contributed by atoms with Crippen LogP contribution in [0.15, 0.2) is 60.8 Å². The van der Waals surface area contributed by atoms with E-state index < -0.39 is 0 Å². The molecule has 4 nitrogen and oxygen atoms in total. The topological polar surface area (TPSA) is 42.4 Å². The Kier molecular flexibility index (Phi) is 4.75. The minimum atomic E-state index is -0.0635. The normalized spacial score (nSPS) is 10.6. The van der Waals surface area contributed by atoms with Crippen molar-refractivity contribution in [2.45, 2.75) is 13.5 Å². The number of nitrogens with zero attached hydrogens (tertiary/aromatic N) is 2. The molecule has 3 rings (SSSR count). The molecule has 0 radical (unpaired) electrons. The summed E-state index contributed by atoms with van der Waals surface area (Å²) in [6, 6.07) is 17.7. The molecule has 0 aliphatic heterocycles. The highest BCUT2D eigenvalue weighted by Crippen LogP contribution is 2.17. The van der Waals surface area contributed by atoms with E-state index in [9.17, 15) is 4.79 Å². The summed E-state index contributed by atoms with van der Waals surface area (Å²) in [5, 5.41) is 1.08. The molecule has 0 aliphatic rings. The van der Waals surface area contributed by atoms with Gasteiger partial charge in [-0.05, 0) is 36.2 Å². The van der Waals surface area contributed by atoms with Crippen molar-refractivity contribution in [3.63, 3.8) is 0 Å². The molecule has 0 N–H and O–H groups in total. The Morgan fingerprint density at radius 1 is 1.12 bits per heavy atom. The predicted octanol–water partition coefficient (Wildman–Crippen LogP) is 3.58. The molecule has 0 bridgehead atoms. The van der Waals surface area contributed by atoms with Crippen LogP contribution in [0, 0.1) is 6.92 Å². The summed E-state index contributed by atoms with van der Waals surface area (Å²) in [5.74, 6) is 0.679. The van der Waals surface area contributed by atoms with Gasteiger partial charge in [0.2, 0.25) is 0 Å². The standard InChI is InChI=1S/C20H20N2O2/c1-15-7-3-6-10-19(15)24-14-20(23)22(2)13-16-11-17-8-4-5-9-18(17)21-12-16/h3-12H,13-14H2,1-2H3. The summed E-state index contributed by atoms with van der Waals surface area (Å²) in [6.07, 6.45) is 1.81. The highest BCUT2D eigenvalue weighted by Gasteiger charge is 2.11. The average Bonchev–Trinajstić information content (AvgIpc) is 2.60. The summed E-state index contributed by atoms with van der Waals surface area (Å²) in [6.45, 7) is 2.50. The average molecular weight is 320 g/mol. The minimum Gasteiger partial charge on any atom is -0.484 e. The Bertz CT molecular complexity index is 861. The van der Waals surface area contributed by atoms with Crippen molar-refractivity contribution in [1.29, 1.82) is 0 Å². The number of hydrogen-bond acceptors (Lipinski definition) is 3. The number of rotatable bonds is 5. The van der Waals surface area contributed by atoms with Gasteiger partial charge in [-0.3, -0.25) is 9.78 Å². The number of fused-ring (bicyclic) bond motifs is 1. The van der Waals surface area contributed by atoms with Crippen molar-refractivity contribution in [3.8, 4) is 5.75 Å². The number of para-hydroxylation sites is 2. The third-order valence-electron chi connectivity index (χ3n) is 3.94. The molecule has 122 valence electrons. The molecule has 1 amide bonds. The van der Waals surface area contributed by atoms with Crippen molar-refractivity contribution >= 4 is 16.8 Å². The highest BCUT2D eigenvalue weighted by atomic mass is 16.5. The molecular formula is C20H20N2O2. The van der Waals surface area contributed by atoms with Crippen LogP contribution in [0.4, 0.5) is 0 Å². The van der Waals surface area contributed by atoms with Crippen molar-refractivity contribution in [2.24, 2.45) is 0 Å². The zero-order valence-electron chi connectivity index (χ0n) is 13.9. The van der Waals surface area contributed by atoms with Gasteiger partial charge in [0.05, 0.1) is 5.52 Å². The Morgan fingerprint density at radius 3 is 2.71 bits per heavy atom. The second kappa shape index (κ2) is 7.13. The second-order valence-electron chi connectivity index (χ2n) is 5.84. The van der Waals surface area contributed by atoms with E-state index in [1.54, 1.807) is 11.9 Å². The van der Waals surface area contributed by atoms with E-state index in [1.165, 1.54) is 0 Å². The molecule has 0 aliphatic carbocycles. The maximum absolute atomic E-state index is 12.3. The van der Waals surface area contributed by atoms with Crippen LogP contribution in [0.2, 0.25) is 0 Å². The Balaban J connectivity index is 1.61. The SMILES string of the molecule is Cc1ccccc1OCC(=O)N(C)Cc1cnc2ccccc2c1. The third-order valence-corrected chi connectivity index (χ3v) is 3.94. The number of ether oxygens (including phenoxy) is 1. The molecule has 0 atom stereocenters. The van der Waals surface area contributed by atoms with Gasteiger partial charge in [-0.2, -0.15) is 0 Å². The van der Waals surface area contributed by atoms with E-state index in [1.807, 2.05) is 61.7 Å². The number of hydrogen-bond donors (Lipinski definition) is 0. The molecule has 3 aromatic rings. The van der Waals surface area contributed by atoms with Gasteiger partial charge >= 0.3 is 0 Å². The molecule has 0 unspecified atom stereocenters. The zero-order chi connectivity index (χ0) is 16.9. The van der Waals surface area contributed by atoms with Crippen molar-refractivity contribution in [2.75, 3.05) is 13.7 Å². The first-order valence-corrected chi connectivity index (χ1v) is 7.89. The van der Waals surface area contributed by atoms with Crippen LogP contribution in [0.25, 0.3) is 10.9 Å². The maximum atomic E-state index is 12.3. The molecule has 0 spiro atoms. The molecule has 0 saturated carbocycles. The van der Waals surface area contributed by atoms with Crippen LogP contribution in [-0.4, -0.2) is 29.4 Å². The van der Waals surface area contributed by atoms with Crippen molar-refractivity contribution < 1.29 is 9.53 Å². The monoisotopic (exact) mass is 320 g/mol. The van der Waals surface area contributed by atoms with Crippen LogP contribution < -0.4 is 4.74 Å². The first-order valence-electron chi connectivity index (χ1n) is 7.89. The zero-order valence-corrected chi connectivity index (χ0v) is 13.9. The number of pyridine rings is 1. The largest absolute Gasteiger partial charge is 0.484 e. The fourth-order valence-corrected chi connectivity index (χ4v) is 2.53. The summed E-state index contributed by atoms with van der Waals surface area (Å²) in [4.78, 5) is 18.4. The number of carbonyl (C=O) groups is 1. The van der Waals surface area contributed by atoms with Gasteiger partial charge in [0, 0.05) is 25.2 Å². The van der Waals surface area contributed by atoms with E-state index in [0.717, 1.165) is 27.8 Å². The maximum Gasteiger partial charge on any atom is 0.260 e. The Morgan fingerprint density at radius 2 is 1.88 bits per heavy atom. The molecular weight excluding hydrogens is 300 g/mol. The number of aromatic nitrogens is 1. The lowest BCUT2D eigenvalue weighted by atomic mass is 10.1. The summed E-state index contributed by atoms with van der Waals surface area (Å²) < 4.78 is 5.62. The third kappa shape index (κ3) is 3.71. The van der Waals surface area contributed by atoms with E-state index in [2.05, 4.69) is 11.1 Å². The number of aryl methyl sites for hydroxylation is 1. The van der Waals surface area contributed by atoms with Gasteiger partial charge in [0.25, 0.3) is 5.91 Å². The number of likely N-dealkylation sites (N-methyl/N-ethyl adjacent to an activating group) is 1. The minimum absolute atomic E-state index is 0.0301. The second-order valence-corrected chi connectivity index (χ2v) is 5.84. The van der Waals surface area contributed by atoms with Crippen LogP contribution in [0.3, 0.4) is 0 Å². The predicted molar refractivity (Wildman–Crippen MR) is 94.9 cm³/mol. The van der Waals surface area contributed by atoms with Gasteiger partial charge in [0.1, 0.15) is 5.75 Å². The van der Waals surface area contributed by atoms with Crippen molar-refractivity contribution in [3.05, 3.63) is 71.9 Å². The van der Waals surface area contributed by atoms with Crippen LogP contribution in [0.1, 0.15) is 11.1 Å². The van der Waals surface area contributed by atoms with E-state index >= 15 is 0 Å². The summed E-state index contributed by atoms with van der Waals surface area (Å²) in [5.41, 5.74) is 2.98. The lowest BCUT2D eigenvalue weighted by Crippen LogP contribution is -2.31. The van der Waals surface area contributed by atoms with Gasteiger partial charge < -0.3 is 9.64 Å². The van der Waals surface area contributed by atoms with Crippen LogP contribution in [0.5, 0.6) is 5.75 Å². The number of benzene rings is 2. The quantitative estimate of drug-likeness (QED) is 0.721. The van der Waals surface area contributed by atoms with Crippen molar-refractivity contribution in [1.82, 2.24) is 9.88 Å². The number of amides is 1. The van der Waals surface area contributed by atoms with Crippen LogP contribution >= 0.6 is 0 Å². The van der Waals surface area contributed by atoms with Crippen LogP contribution in [-0.2, 0) is 11.3 Å². The smallest absolute Gasteiger partial charge is 0.260 e. The molecule has 1 aromatic heterocycles.